The lowest BCUT2D eigenvalue weighted by molar-refractivity contribution is 0.965. The summed E-state index contributed by atoms with van der Waals surface area (Å²) in [5, 5.41) is 11.6. The van der Waals surface area contributed by atoms with Gasteiger partial charge in [0.05, 0.1) is 12.9 Å². The Kier molecular flexibility index (Phi) is 5.77. The number of thiocyanates is 1. The molecule has 0 bridgehead atoms. The lowest BCUT2D eigenvalue weighted by atomic mass is 10.7. The summed E-state index contributed by atoms with van der Waals surface area (Å²) >= 11 is 3.09. The predicted octanol–water partition coefficient (Wildman–Crippen LogP) is 0.0152. The molecule has 1 rings (SSSR count). The van der Waals surface area contributed by atoms with Crippen molar-refractivity contribution in [1.29, 1.82) is 5.26 Å². The molecule has 0 aromatic carbocycles. The molecule has 0 fully saturated rings. The van der Waals surface area contributed by atoms with Crippen LogP contribution in [0.3, 0.4) is 0 Å². The van der Waals surface area contributed by atoms with E-state index in [0.29, 0.717) is 0 Å². The zero-order valence-corrected chi connectivity index (χ0v) is 5.23. The molecule has 3 nitrogen and oxygen atoms in total. The lowest BCUT2D eigenvalue weighted by Gasteiger charge is -1.75. The van der Waals surface area contributed by atoms with Crippen molar-refractivity contribution in [2.45, 2.75) is 0 Å². The summed E-state index contributed by atoms with van der Waals surface area (Å²) in [6.45, 7) is 1.99. The highest BCUT2D eigenvalue weighted by atomic mass is 32.1. The first-order valence-corrected chi connectivity index (χ1v) is 2.61. The third-order valence-corrected chi connectivity index (χ3v) is 0.568. The van der Waals surface area contributed by atoms with E-state index in [1.54, 1.807) is 6.34 Å². The number of nitrogens with one attached hydrogen (secondary N) is 1. The van der Waals surface area contributed by atoms with E-state index < -0.39 is 0 Å². The van der Waals surface area contributed by atoms with Gasteiger partial charge in [0.25, 0.3) is 0 Å². The molecule has 1 aliphatic heterocycles. The number of hydrogen-bond donors (Lipinski definition) is 2. The normalized spacial score (nSPS) is 13.0. The van der Waals surface area contributed by atoms with Crippen molar-refractivity contribution in [2.75, 3.05) is 13.1 Å². The fourth-order valence-corrected chi connectivity index (χ4v) is 0.323. The summed E-state index contributed by atoms with van der Waals surface area (Å²) in [5.74, 6) is 0. The molecule has 0 radical (unpaired) electrons. The van der Waals surface area contributed by atoms with Crippen LogP contribution < -0.4 is 5.32 Å². The maximum Gasteiger partial charge on any atom is 0.130 e. The molecule has 0 aliphatic carbocycles. The highest BCUT2D eigenvalue weighted by Gasteiger charge is 1.82. The molecular formula is C4H7N3S. The Labute approximate surface area is 53.8 Å². The van der Waals surface area contributed by atoms with E-state index in [2.05, 4.69) is 22.9 Å². The molecule has 0 aromatic heterocycles. The monoisotopic (exact) mass is 129 g/mol. The molecule has 0 saturated carbocycles. The number of aliphatic imine (C=N–C) groups is 1. The minimum absolute atomic E-state index is 0.958. The second-order valence-electron chi connectivity index (χ2n) is 1.09. The van der Waals surface area contributed by atoms with Crippen molar-refractivity contribution in [2.24, 2.45) is 4.99 Å². The zero-order chi connectivity index (χ0) is 6.24. The van der Waals surface area contributed by atoms with Gasteiger partial charge in [-0.3, -0.25) is 4.99 Å². The Morgan fingerprint density at radius 1 is 1.88 bits per heavy atom. The van der Waals surface area contributed by atoms with Gasteiger partial charge in [0.15, 0.2) is 0 Å². The maximum absolute atomic E-state index is 7.18. The molecule has 4 heteroatoms. The molecule has 8 heavy (non-hydrogen) atoms. The van der Waals surface area contributed by atoms with Gasteiger partial charge in [-0.15, -0.1) is 0 Å². The Morgan fingerprint density at radius 2 is 2.50 bits per heavy atom. The maximum atomic E-state index is 7.18. The molecule has 1 heterocycles. The largest absolute Gasteiger partial charge is 0.375 e. The average Bonchev–Trinajstić information content (AvgIpc) is 2.17. The van der Waals surface area contributed by atoms with Gasteiger partial charge in [0.1, 0.15) is 5.40 Å². The SMILES string of the molecule is C1=NCCN1.N#CS. The minimum Gasteiger partial charge on any atom is -0.375 e. The van der Waals surface area contributed by atoms with Gasteiger partial charge in [-0.2, -0.15) is 5.26 Å². The van der Waals surface area contributed by atoms with E-state index in [1.165, 1.54) is 5.40 Å². The van der Waals surface area contributed by atoms with Crippen molar-refractivity contribution in [1.82, 2.24) is 5.32 Å². The topological polar surface area (TPSA) is 48.2 Å². The smallest absolute Gasteiger partial charge is 0.130 e. The number of nitrogens with zero attached hydrogens (tertiary/aromatic N) is 2. The van der Waals surface area contributed by atoms with E-state index in [-0.39, 0.29) is 0 Å². The fraction of sp³-hybridized carbons (Fsp3) is 0.500. The van der Waals surface area contributed by atoms with Gasteiger partial charge >= 0.3 is 0 Å². The summed E-state index contributed by atoms with van der Waals surface area (Å²) in [7, 11) is 0. The summed E-state index contributed by atoms with van der Waals surface area (Å²) in [6, 6.07) is 0. The fourth-order valence-electron chi connectivity index (χ4n) is 0.323. The van der Waals surface area contributed by atoms with Crippen LogP contribution in [0.15, 0.2) is 4.99 Å². The molecule has 0 unspecified atom stereocenters. The van der Waals surface area contributed by atoms with Crippen molar-refractivity contribution in [3.63, 3.8) is 0 Å². The molecule has 0 aromatic rings. The van der Waals surface area contributed by atoms with E-state index in [1.807, 2.05) is 0 Å². The standard InChI is InChI=1S/C3H6N2.CHNS/c1-2-5-3-4-1;2-1-3/h3H,1-2H2,(H,4,5);3H. The lowest BCUT2D eigenvalue weighted by Crippen LogP contribution is -2.04. The minimum atomic E-state index is 0.958. The van der Waals surface area contributed by atoms with E-state index >= 15 is 0 Å². The highest BCUT2D eigenvalue weighted by molar-refractivity contribution is 7.85. The van der Waals surface area contributed by atoms with Crippen LogP contribution in [0.2, 0.25) is 0 Å². The zero-order valence-electron chi connectivity index (χ0n) is 4.33. The van der Waals surface area contributed by atoms with Crippen LogP contribution in [0.1, 0.15) is 0 Å². The highest BCUT2D eigenvalue weighted by Crippen LogP contribution is 1.68. The second kappa shape index (κ2) is 6.31. The van der Waals surface area contributed by atoms with Gasteiger partial charge < -0.3 is 5.32 Å². The Hall–Kier alpha value is -0.690. The van der Waals surface area contributed by atoms with Gasteiger partial charge in [-0.1, -0.05) is 12.6 Å². The van der Waals surface area contributed by atoms with Crippen LogP contribution in [0, 0.1) is 10.7 Å². The van der Waals surface area contributed by atoms with Crippen LogP contribution in [0.4, 0.5) is 0 Å². The van der Waals surface area contributed by atoms with Gasteiger partial charge in [-0.05, 0) is 0 Å². The first kappa shape index (κ1) is 7.31. The Bertz CT molecular complexity index is 98.3. The molecular weight excluding hydrogens is 122 g/mol. The van der Waals surface area contributed by atoms with Crippen LogP contribution in [-0.2, 0) is 0 Å². The Balaban J connectivity index is 0.000000145. The number of hydrogen-bond acceptors (Lipinski definition) is 4. The number of nitriles is 1. The molecule has 44 valence electrons. The molecule has 0 atom stereocenters. The summed E-state index contributed by atoms with van der Waals surface area (Å²) in [6.07, 6.45) is 1.74. The Morgan fingerprint density at radius 3 is 2.62 bits per heavy atom. The van der Waals surface area contributed by atoms with Crippen LogP contribution in [0.5, 0.6) is 0 Å². The second-order valence-corrected chi connectivity index (χ2v) is 1.29. The van der Waals surface area contributed by atoms with E-state index in [9.17, 15) is 0 Å². The van der Waals surface area contributed by atoms with Crippen LogP contribution >= 0.6 is 12.6 Å². The number of rotatable bonds is 0. The molecule has 1 N–H and O–H groups in total. The molecule has 0 saturated heterocycles. The third-order valence-electron chi connectivity index (χ3n) is 0.568. The van der Waals surface area contributed by atoms with Gasteiger partial charge in [0.2, 0.25) is 0 Å². The van der Waals surface area contributed by atoms with Gasteiger partial charge in [-0.25, -0.2) is 0 Å². The van der Waals surface area contributed by atoms with E-state index in [4.69, 9.17) is 5.26 Å². The van der Waals surface area contributed by atoms with E-state index in [0.717, 1.165) is 13.1 Å². The summed E-state index contributed by atoms with van der Waals surface area (Å²) in [4.78, 5) is 3.85. The molecule has 0 amide bonds. The van der Waals surface area contributed by atoms with Crippen molar-refractivity contribution < 1.29 is 0 Å². The summed E-state index contributed by atoms with van der Waals surface area (Å²) < 4.78 is 0. The van der Waals surface area contributed by atoms with Gasteiger partial charge in [0, 0.05) is 6.54 Å². The van der Waals surface area contributed by atoms with Crippen LogP contribution in [0.25, 0.3) is 0 Å². The number of thiol groups is 1. The van der Waals surface area contributed by atoms with Crippen molar-refractivity contribution in [3.8, 4) is 5.40 Å². The third kappa shape index (κ3) is 5.31. The van der Waals surface area contributed by atoms with Crippen molar-refractivity contribution >= 4 is 19.0 Å². The molecule has 1 aliphatic rings. The predicted molar refractivity (Wildman–Crippen MR) is 36.0 cm³/mol. The van der Waals surface area contributed by atoms with Crippen molar-refractivity contribution in [3.05, 3.63) is 0 Å². The quantitative estimate of drug-likeness (QED) is 0.357. The average molecular weight is 129 g/mol. The molecule has 0 spiro atoms. The first-order chi connectivity index (χ1) is 3.91. The summed E-state index contributed by atoms with van der Waals surface area (Å²) in [5.41, 5.74) is 0. The van der Waals surface area contributed by atoms with Crippen LogP contribution in [-0.4, -0.2) is 19.4 Å². The first-order valence-electron chi connectivity index (χ1n) is 2.16.